The lowest BCUT2D eigenvalue weighted by Crippen LogP contribution is -1.91. The fourth-order valence-corrected chi connectivity index (χ4v) is 1.77. The van der Waals surface area contributed by atoms with Crippen molar-refractivity contribution in [2.75, 3.05) is 0 Å². The van der Waals surface area contributed by atoms with E-state index in [0.717, 1.165) is 11.0 Å². The molecule has 0 aliphatic rings. The Kier molecular flexibility index (Phi) is 2.44. The summed E-state index contributed by atoms with van der Waals surface area (Å²) < 4.78 is 0. The molecule has 10 heavy (non-hydrogen) atoms. The van der Waals surface area contributed by atoms with Gasteiger partial charge in [-0.3, -0.25) is 4.98 Å². The van der Waals surface area contributed by atoms with Gasteiger partial charge in [0.05, 0.1) is 0 Å². The molecule has 0 atom stereocenters. The van der Waals surface area contributed by atoms with Crippen LogP contribution in [-0.4, -0.2) is 4.98 Å². The zero-order chi connectivity index (χ0) is 7.56. The van der Waals surface area contributed by atoms with Gasteiger partial charge in [0, 0.05) is 17.2 Å². The van der Waals surface area contributed by atoms with Gasteiger partial charge in [0.2, 0.25) is 0 Å². The summed E-state index contributed by atoms with van der Waals surface area (Å²) in [5.41, 5.74) is 3.74. The Labute approximate surface area is 69.6 Å². The van der Waals surface area contributed by atoms with Crippen LogP contribution < -0.4 is 0 Å². The fraction of sp³-hybridized carbons (Fsp3) is 0.375. The first kappa shape index (κ1) is 7.73. The highest BCUT2D eigenvalue weighted by atomic mass is 79.9. The standard InChI is InChI=1S/C8H10BrN/c1-6-3-4-10-7(2)8(6)5-9/h3-4H,5H2,1-2H3. The fourth-order valence-electron chi connectivity index (χ4n) is 0.927. The van der Waals surface area contributed by atoms with Crippen molar-refractivity contribution in [1.29, 1.82) is 0 Å². The Hall–Kier alpha value is -0.370. The van der Waals surface area contributed by atoms with Gasteiger partial charge >= 0.3 is 0 Å². The van der Waals surface area contributed by atoms with Gasteiger partial charge in [-0.2, -0.15) is 0 Å². The maximum atomic E-state index is 4.18. The lowest BCUT2D eigenvalue weighted by atomic mass is 10.1. The molecule has 0 saturated heterocycles. The van der Waals surface area contributed by atoms with Crippen molar-refractivity contribution in [3.63, 3.8) is 0 Å². The molecule has 1 heterocycles. The molecule has 0 aromatic carbocycles. The number of hydrogen-bond acceptors (Lipinski definition) is 1. The predicted octanol–water partition coefficient (Wildman–Crippen LogP) is 2.59. The summed E-state index contributed by atoms with van der Waals surface area (Å²) in [5.74, 6) is 0. The van der Waals surface area contributed by atoms with E-state index in [9.17, 15) is 0 Å². The van der Waals surface area contributed by atoms with Crippen molar-refractivity contribution < 1.29 is 0 Å². The molecule has 1 rings (SSSR count). The lowest BCUT2D eigenvalue weighted by Gasteiger charge is -2.02. The Balaban J connectivity index is 3.17. The summed E-state index contributed by atoms with van der Waals surface area (Å²) in [6, 6.07) is 2.03. The first-order valence-electron chi connectivity index (χ1n) is 3.22. The molecule has 0 spiro atoms. The van der Waals surface area contributed by atoms with Gasteiger partial charge in [-0.25, -0.2) is 0 Å². The summed E-state index contributed by atoms with van der Waals surface area (Å²) in [6.07, 6.45) is 1.84. The van der Waals surface area contributed by atoms with Crippen molar-refractivity contribution in [1.82, 2.24) is 4.98 Å². The summed E-state index contributed by atoms with van der Waals surface area (Å²) in [4.78, 5) is 4.18. The molecule has 1 aromatic rings. The third-order valence-corrected chi connectivity index (χ3v) is 2.20. The molecule has 0 fully saturated rings. The third-order valence-electron chi connectivity index (χ3n) is 1.64. The molecule has 0 bridgehead atoms. The molecule has 0 saturated carbocycles. The quantitative estimate of drug-likeness (QED) is 0.635. The normalized spacial score (nSPS) is 9.90. The van der Waals surface area contributed by atoms with E-state index in [-0.39, 0.29) is 0 Å². The number of nitrogens with zero attached hydrogens (tertiary/aromatic N) is 1. The van der Waals surface area contributed by atoms with Crippen molar-refractivity contribution in [3.05, 3.63) is 29.1 Å². The van der Waals surface area contributed by atoms with Gasteiger partial charge in [0.15, 0.2) is 0 Å². The predicted molar refractivity (Wildman–Crippen MR) is 46.3 cm³/mol. The maximum absolute atomic E-state index is 4.18. The molecule has 0 aliphatic heterocycles. The molecule has 0 N–H and O–H groups in total. The van der Waals surface area contributed by atoms with Crippen molar-refractivity contribution in [2.45, 2.75) is 19.2 Å². The van der Waals surface area contributed by atoms with Crippen molar-refractivity contribution in [3.8, 4) is 0 Å². The molecule has 1 aromatic heterocycles. The van der Waals surface area contributed by atoms with E-state index in [0.29, 0.717) is 0 Å². The highest BCUT2D eigenvalue weighted by Gasteiger charge is 1.98. The molecular formula is C8H10BrN. The highest BCUT2D eigenvalue weighted by molar-refractivity contribution is 9.08. The van der Waals surface area contributed by atoms with Crippen LogP contribution in [0.4, 0.5) is 0 Å². The number of aryl methyl sites for hydroxylation is 2. The van der Waals surface area contributed by atoms with Crippen LogP contribution in [0.15, 0.2) is 12.3 Å². The molecule has 2 heteroatoms. The first-order chi connectivity index (χ1) is 4.75. The largest absolute Gasteiger partial charge is 0.261 e. The zero-order valence-electron chi connectivity index (χ0n) is 6.19. The summed E-state index contributed by atoms with van der Waals surface area (Å²) in [6.45, 7) is 4.13. The smallest absolute Gasteiger partial charge is 0.0415 e. The second-order valence-electron chi connectivity index (χ2n) is 2.33. The summed E-state index contributed by atoms with van der Waals surface area (Å²) in [5, 5.41) is 0.901. The summed E-state index contributed by atoms with van der Waals surface area (Å²) >= 11 is 3.42. The number of hydrogen-bond donors (Lipinski definition) is 0. The molecule has 0 radical (unpaired) electrons. The minimum atomic E-state index is 0.901. The van der Waals surface area contributed by atoms with E-state index < -0.39 is 0 Å². The van der Waals surface area contributed by atoms with E-state index in [1.54, 1.807) is 0 Å². The van der Waals surface area contributed by atoms with E-state index >= 15 is 0 Å². The van der Waals surface area contributed by atoms with Crippen LogP contribution in [0.2, 0.25) is 0 Å². The van der Waals surface area contributed by atoms with Crippen LogP contribution in [0.5, 0.6) is 0 Å². The van der Waals surface area contributed by atoms with E-state index in [2.05, 4.69) is 27.8 Å². The number of halogens is 1. The minimum Gasteiger partial charge on any atom is -0.261 e. The summed E-state index contributed by atoms with van der Waals surface area (Å²) in [7, 11) is 0. The Morgan fingerprint density at radius 3 is 2.60 bits per heavy atom. The number of rotatable bonds is 1. The first-order valence-corrected chi connectivity index (χ1v) is 4.35. The van der Waals surface area contributed by atoms with Gasteiger partial charge < -0.3 is 0 Å². The maximum Gasteiger partial charge on any atom is 0.0415 e. The number of pyridine rings is 1. The number of aromatic nitrogens is 1. The van der Waals surface area contributed by atoms with Crippen molar-refractivity contribution in [2.24, 2.45) is 0 Å². The van der Waals surface area contributed by atoms with E-state index in [1.807, 2.05) is 19.2 Å². The monoisotopic (exact) mass is 199 g/mol. The topological polar surface area (TPSA) is 12.9 Å². The van der Waals surface area contributed by atoms with Crippen LogP contribution >= 0.6 is 15.9 Å². The van der Waals surface area contributed by atoms with Crippen LogP contribution in [0.1, 0.15) is 16.8 Å². The van der Waals surface area contributed by atoms with Crippen LogP contribution in [0.25, 0.3) is 0 Å². The second kappa shape index (κ2) is 3.15. The van der Waals surface area contributed by atoms with E-state index in [1.165, 1.54) is 11.1 Å². The lowest BCUT2D eigenvalue weighted by molar-refractivity contribution is 1.11. The Bertz CT molecular complexity index is 212. The van der Waals surface area contributed by atoms with Crippen LogP contribution in [0.3, 0.4) is 0 Å². The minimum absolute atomic E-state index is 0.901. The molecule has 54 valence electrons. The van der Waals surface area contributed by atoms with Crippen molar-refractivity contribution >= 4 is 15.9 Å². The Morgan fingerprint density at radius 1 is 1.50 bits per heavy atom. The zero-order valence-corrected chi connectivity index (χ0v) is 7.77. The van der Waals surface area contributed by atoms with E-state index in [4.69, 9.17) is 0 Å². The molecular weight excluding hydrogens is 190 g/mol. The highest BCUT2D eigenvalue weighted by Crippen LogP contribution is 2.13. The average Bonchev–Trinajstić information content (AvgIpc) is 1.88. The third kappa shape index (κ3) is 1.37. The molecule has 0 amide bonds. The average molecular weight is 200 g/mol. The SMILES string of the molecule is Cc1ccnc(C)c1CBr. The molecule has 0 unspecified atom stereocenters. The second-order valence-corrected chi connectivity index (χ2v) is 2.89. The van der Waals surface area contributed by atoms with Crippen LogP contribution in [0, 0.1) is 13.8 Å². The molecule has 1 nitrogen and oxygen atoms in total. The van der Waals surface area contributed by atoms with Crippen LogP contribution in [-0.2, 0) is 5.33 Å². The van der Waals surface area contributed by atoms with Gasteiger partial charge in [-0.1, -0.05) is 15.9 Å². The molecule has 0 aliphatic carbocycles. The van der Waals surface area contributed by atoms with Gasteiger partial charge in [0.25, 0.3) is 0 Å². The van der Waals surface area contributed by atoms with Gasteiger partial charge in [-0.15, -0.1) is 0 Å². The Morgan fingerprint density at radius 2 is 2.20 bits per heavy atom. The number of alkyl halides is 1. The van der Waals surface area contributed by atoms with Gasteiger partial charge in [0.1, 0.15) is 0 Å². The van der Waals surface area contributed by atoms with Gasteiger partial charge in [-0.05, 0) is 31.0 Å².